The van der Waals surface area contributed by atoms with E-state index in [1.807, 2.05) is 0 Å². The molecule has 1 saturated carbocycles. The van der Waals surface area contributed by atoms with E-state index in [0.717, 1.165) is 0 Å². The molecular formula is C45H46BN3. The van der Waals surface area contributed by atoms with Gasteiger partial charge in [0.05, 0.1) is 11.2 Å². The van der Waals surface area contributed by atoms with Crippen LogP contribution in [0.2, 0.25) is 0 Å². The minimum atomic E-state index is -0.139. The van der Waals surface area contributed by atoms with Crippen LogP contribution >= 0.6 is 0 Å². The fourth-order valence-corrected chi connectivity index (χ4v) is 10.9. The lowest BCUT2D eigenvalue weighted by Gasteiger charge is -2.53. The second-order valence-electron chi connectivity index (χ2n) is 17.0. The molecule has 3 nitrogen and oxygen atoms in total. The van der Waals surface area contributed by atoms with Crippen LogP contribution < -0.4 is 31.1 Å². The van der Waals surface area contributed by atoms with Gasteiger partial charge in [-0.3, -0.25) is 0 Å². The lowest BCUT2D eigenvalue weighted by molar-refractivity contribution is 0.195. The summed E-state index contributed by atoms with van der Waals surface area (Å²) in [4.78, 5) is 8.10. The summed E-state index contributed by atoms with van der Waals surface area (Å²) >= 11 is 0. The first-order valence-corrected chi connectivity index (χ1v) is 18.5. The smallest absolute Gasteiger partial charge is 0.252 e. The molecule has 0 saturated heterocycles. The van der Waals surface area contributed by atoms with Gasteiger partial charge in [-0.2, -0.15) is 0 Å². The average molecular weight is 640 g/mol. The summed E-state index contributed by atoms with van der Waals surface area (Å²) in [6.07, 6.45) is 5.00. The summed E-state index contributed by atoms with van der Waals surface area (Å²) in [5, 5.41) is 0. The fraction of sp³-hybridized carbons (Fsp3) is 0.333. The van der Waals surface area contributed by atoms with E-state index in [2.05, 4.69) is 166 Å². The van der Waals surface area contributed by atoms with Crippen molar-refractivity contribution in [2.24, 2.45) is 0 Å². The first kappa shape index (κ1) is 29.5. The van der Waals surface area contributed by atoms with Crippen molar-refractivity contribution in [3.8, 4) is 0 Å². The van der Waals surface area contributed by atoms with Crippen molar-refractivity contribution in [2.75, 3.05) is 14.7 Å². The van der Waals surface area contributed by atoms with Gasteiger partial charge in [0.15, 0.2) is 0 Å². The van der Waals surface area contributed by atoms with E-state index in [-0.39, 0.29) is 28.6 Å². The highest BCUT2D eigenvalue weighted by atomic mass is 15.3. The van der Waals surface area contributed by atoms with E-state index in [9.17, 15) is 0 Å². The Balaban J connectivity index is 1.36. The Morgan fingerprint density at radius 2 is 1.20 bits per heavy atom. The highest BCUT2D eigenvalue weighted by Crippen LogP contribution is 2.63. The van der Waals surface area contributed by atoms with Crippen LogP contribution in [-0.4, -0.2) is 17.8 Å². The number of hydrogen-bond acceptors (Lipinski definition) is 3. The maximum Gasteiger partial charge on any atom is 0.252 e. The van der Waals surface area contributed by atoms with Crippen LogP contribution in [-0.2, 0) is 10.8 Å². The Morgan fingerprint density at radius 3 is 1.88 bits per heavy atom. The molecule has 1 fully saturated rings. The third-order valence-corrected chi connectivity index (χ3v) is 14.2. The van der Waals surface area contributed by atoms with Crippen molar-refractivity contribution in [3.05, 3.63) is 120 Å². The Morgan fingerprint density at radius 1 is 0.592 bits per heavy atom. The molecule has 5 aromatic rings. The van der Waals surface area contributed by atoms with E-state index >= 15 is 0 Å². The molecule has 0 bridgehead atoms. The third-order valence-electron chi connectivity index (χ3n) is 14.2. The Labute approximate surface area is 292 Å². The first-order valence-electron chi connectivity index (χ1n) is 18.5. The second kappa shape index (κ2) is 9.41. The maximum atomic E-state index is 2.87. The fourth-order valence-electron chi connectivity index (χ4n) is 10.9. The molecule has 4 heterocycles. The summed E-state index contributed by atoms with van der Waals surface area (Å²) in [5.41, 5.74) is 18.0. The number of nitrogens with zero attached hydrogens (tertiary/aromatic N) is 3. The largest absolute Gasteiger partial charge is 0.335 e. The summed E-state index contributed by atoms with van der Waals surface area (Å²) in [5.74, 6) is 0. The zero-order valence-corrected chi connectivity index (χ0v) is 30.1. The predicted octanol–water partition coefficient (Wildman–Crippen LogP) is 9.56. The Hall–Kier alpha value is -4.44. The molecule has 5 aliphatic rings. The number of hydrogen-bond donors (Lipinski definition) is 0. The zero-order chi connectivity index (χ0) is 33.7. The van der Waals surface area contributed by atoms with E-state index in [0.29, 0.717) is 0 Å². The SMILES string of the molecule is Cc1cc2c3c(c1)C1(C)CCCCC1(C)N3c1cc(N(c3ccccc3)c3ccccc3)cc3c1B2c1cccc2c1N3C(C)(C)C2(C)C. The zero-order valence-electron chi connectivity index (χ0n) is 30.1. The van der Waals surface area contributed by atoms with E-state index < -0.39 is 0 Å². The highest BCUT2D eigenvalue weighted by molar-refractivity contribution is 7.00. The molecule has 49 heavy (non-hydrogen) atoms. The van der Waals surface area contributed by atoms with Gasteiger partial charge in [0.25, 0.3) is 6.71 Å². The molecule has 1 aliphatic carbocycles. The van der Waals surface area contributed by atoms with Gasteiger partial charge in [-0.05, 0) is 104 Å². The van der Waals surface area contributed by atoms with Crippen LogP contribution in [0.4, 0.5) is 39.8 Å². The summed E-state index contributed by atoms with van der Waals surface area (Å²) in [7, 11) is 0. The molecule has 5 aromatic carbocycles. The van der Waals surface area contributed by atoms with Crippen LogP contribution in [0.3, 0.4) is 0 Å². The van der Waals surface area contributed by atoms with Crippen molar-refractivity contribution < 1.29 is 0 Å². The molecule has 4 heteroatoms. The molecule has 0 N–H and O–H groups in total. The number of anilines is 7. The normalized spacial score (nSPS) is 24.3. The standard InChI is InChI=1S/C45H46BN3/c1-29-25-34-41-36(26-29)46-35-22-16-21-33-40(35)48(43(4,5)42(33,2)3)37-27-32(47(30-17-10-8-11-18-30)31-19-12-9-13-20-31)28-38(39(37)46)49(41)45(7)24-15-14-23-44(34,45)6/h8-13,16-22,25-28H,14-15,23-24H2,1-7H3. The van der Waals surface area contributed by atoms with Crippen LogP contribution in [0, 0.1) is 6.92 Å². The number of fused-ring (bicyclic) bond motifs is 7. The van der Waals surface area contributed by atoms with Gasteiger partial charge in [-0.25, -0.2) is 0 Å². The maximum absolute atomic E-state index is 2.87. The molecule has 4 aliphatic heterocycles. The van der Waals surface area contributed by atoms with Gasteiger partial charge in [-0.15, -0.1) is 0 Å². The van der Waals surface area contributed by atoms with Crippen LogP contribution in [0.25, 0.3) is 0 Å². The number of rotatable bonds is 3. The van der Waals surface area contributed by atoms with Crippen molar-refractivity contribution in [2.45, 2.75) is 96.1 Å². The molecule has 10 rings (SSSR count). The van der Waals surface area contributed by atoms with Gasteiger partial charge in [0, 0.05) is 50.5 Å². The number of benzene rings is 5. The summed E-state index contributed by atoms with van der Waals surface area (Å²) < 4.78 is 0. The van der Waals surface area contributed by atoms with Crippen molar-refractivity contribution >= 4 is 62.9 Å². The lowest BCUT2D eigenvalue weighted by Crippen LogP contribution is -2.66. The van der Waals surface area contributed by atoms with Crippen molar-refractivity contribution in [3.63, 3.8) is 0 Å². The summed E-state index contributed by atoms with van der Waals surface area (Å²) in [6.45, 7) is 17.6. The predicted molar refractivity (Wildman–Crippen MR) is 209 cm³/mol. The van der Waals surface area contributed by atoms with E-state index in [4.69, 9.17) is 0 Å². The minimum Gasteiger partial charge on any atom is -0.335 e. The number of aryl methyl sites for hydroxylation is 1. The van der Waals surface area contributed by atoms with E-state index in [1.165, 1.54) is 93.0 Å². The van der Waals surface area contributed by atoms with Gasteiger partial charge in [0.1, 0.15) is 0 Å². The molecule has 2 unspecified atom stereocenters. The van der Waals surface area contributed by atoms with Crippen LogP contribution in [0.5, 0.6) is 0 Å². The van der Waals surface area contributed by atoms with Gasteiger partial charge in [0.2, 0.25) is 0 Å². The molecule has 0 radical (unpaired) electrons. The molecule has 0 aromatic heterocycles. The minimum absolute atomic E-state index is 0.0141. The van der Waals surface area contributed by atoms with Crippen molar-refractivity contribution in [1.82, 2.24) is 0 Å². The van der Waals surface area contributed by atoms with Gasteiger partial charge >= 0.3 is 0 Å². The van der Waals surface area contributed by atoms with E-state index in [1.54, 1.807) is 5.56 Å². The molecule has 2 atom stereocenters. The average Bonchev–Trinajstić information content (AvgIpc) is 3.40. The molecule has 0 amide bonds. The topological polar surface area (TPSA) is 9.72 Å². The second-order valence-corrected chi connectivity index (χ2v) is 17.0. The molecular weight excluding hydrogens is 593 g/mol. The lowest BCUT2D eigenvalue weighted by atomic mass is 9.33. The Kier molecular flexibility index (Phi) is 5.66. The monoisotopic (exact) mass is 639 g/mol. The highest BCUT2D eigenvalue weighted by Gasteiger charge is 2.63. The van der Waals surface area contributed by atoms with Crippen molar-refractivity contribution in [1.29, 1.82) is 0 Å². The quantitative estimate of drug-likeness (QED) is 0.182. The molecule has 0 spiro atoms. The van der Waals surface area contributed by atoms with Crippen LogP contribution in [0.15, 0.2) is 103 Å². The number of para-hydroxylation sites is 3. The molecule has 244 valence electrons. The van der Waals surface area contributed by atoms with Crippen LogP contribution in [0.1, 0.15) is 83.9 Å². The third kappa shape index (κ3) is 3.41. The first-order chi connectivity index (χ1) is 23.5. The van der Waals surface area contributed by atoms with Gasteiger partial charge in [-0.1, -0.05) is 106 Å². The Bertz CT molecular complexity index is 2160. The van der Waals surface area contributed by atoms with Gasteiger partial charge < -0.3 is 14.7 Å². The summed E-state index contributed by atoms with van der Waals surface area (Å²) in [6, 6.07) is 39.3.